The average molecular weight is 332 g/mol. The Bertz CT molecular complexity index is 640. The first-order chi connectivity index (χ1) is 11.4. The lowest BCUT2D eigenvalue weighted by Crippen LogP contribution is -2.65. The fourth-order valence-corrected chi connectivity index (χ4v) is 6.39. The number of ketones is 1. The predicted octanol–water partition coefficient (Wildman–Crippen LogP) is 1.68. The van der Waals surface area contributed by atoms with Crippen LogP contribution in [0.1, 0.15) is 39.0 Å². The predicted molar refractivity (Wildman–Crippen MR) is 84.8 cm³/mol. The van der Waals surface area contributed by atoms with Crippen molar-refractivity contribution in [1.29, 1.82) is 0 Å². The summed E-state index contributed by atoms with van der Waals surface area (Å²) in [5.41, 5.74) is -1.51. The van der Waals surface area contributed by atoms with Gasteiger partial charge in [0.15, 0.2) is 5.78 Å². The molecule has 4 rings (SSSR count). The molecule has 1 heterocycles. The Kier molecular flexibility index (Phi) is 3.34. The van der Waals surface area contributed by atoms with E-state index in [-0.39, 0.29) is 30.1 Å². The van der Waals surface area contributed by atoms with Crippen LogP contribution in [-0.4, -0.2) is 35.9 Å². The number of allylic oxidation sites excluding steroid dienone is 1. The number of carbonyl (C=O) groups is 3. The summed E-state index contributed by atoms with van der Waals surface area (Å²) in [4.78, 5) is 37.7. The first kappa shape index (κ1) is 16.0. The summed E-state index contributed by atoms with van der Waals surface area (Å²) in [7, 11) is 0. The van der Waals surface area contributed by atoms with E-state index in [0.29, 0.717) is 24.8 Å². The summed E-state index contributed by atoms with van der Waals surface area (Å²) < 4.78 is 5.54. The molecule has 0 aromatic heterocycles. The number of hydrogen-bond acceptors (Lipinski definition) is 5. The molecule has 2 bridgehead atoms. The Morgan fingerprint density at radius 2 is 2.12 bits per heavy atom. The Hall–Kier alpha value is -1.49. The normalized spacial score (nSPS) is 50.6. The van der Waals surface area contributed by atoms with E-state index in [1.165, 1.54) is 0 Å². The minimum absolute atomic E-state index is 0.132. The van der Waals surface area contributed by atoms with Crippen molar-refractivity contribution in [3.63, 3.8) is 0 Å². The first-order valence-corrected chi connectivity index (χ1v) is 8.92. The van der Waals surface area contributed by atoms with Crippen LogP contribution in [-0.2, 0) is 19.1 Å². The smallest absolute Gasteiger partial charge is 0.320 e. The van der Waals surface area contributed by atoms with Crippen molar-refractivity contribution in [3.05, 3.63) is 12.2 Å². The average Bonchev–Trinajstić information content (AvgIpc) is 2.74. The summed E-state index contributed by atoms with van der Waals surface area (Å²) >= 11 is 0. The quantitative estimate of drug-likeness (QED) is 0.342. The second kappa shape index (κ2) is 5.01. The fraction of sp³-hybridized carbons (Fsp3) is 0.737. The molecular formula is C19H24O5. The molecule has 0 aromatic carbocycles. The number of fused-ring (bicyclic) bond motifs is 2. The largest absolute Gasteiger partial charge is 0.464 e. The zero-order valence-corrected chi connectivity index (χ0v) is 14.0. The molecule has 5 nitrogen and oxygen atoms in total. The third kappa shape index (κ3) is 1.66. The molecule has 0 amide bonds. The van der Waals surface area contributed by atoms with E-state index in [1.54, 1.807) is 0 Å². The Balaban J connectivity index is 1.90. The van der Waals surface area contributed by atoms with Gasteiger partial charge >= 0.3 is 5.97 Å². The van der Waals surface area contributed by atoms with Gasteiger partial charge in [-0.2, -0.15) is 0 Å². The lowest BCUT2D eigenvalue weighted by molar-refractivity contribution is -0.220. The monoisotopic (exact) mass is 332 g/mol. The summed E-state index contributed by atoms with van der Waals surface area (Å²) in [6.07, 6.45) is 3.59. The van der Waals surface area contributed by atoms with Crippen LogP contribution in [0.4, 0.5) is 0 Å². The fourth-order valence-electron chi connectivity index (χ4n) is 6.39. The lowest BCUT2D eigenvalue weighted by atomic mass is 9.47. The standard InChI is InChI=1S/C19H24O5/c1-10-4-3-5-18(13(10)8-20)9-24-17(23)19-7-12(11(2)16(19)22)6-14(21)15(18)19/h8,10,12-15,21H,2-7,9H2,1H3/t10-,12+,13+,14+,15-,18-,19-/m0/s1. The van der Waals surface area contributed by atoms with Crippen molar-refractivity contribution in [2.24, 2.45) is 34.5 Å². The minimum Gasteiger partial charge on any atom is -0.464 e. The summed E-state index contributed by atoms with van der Waals surface area (Å²) in [6, 6.07) is 0. The SMILES string of the molecule is C=C1C(=O)[C@]23C[C@H]1C[C@@H](O)[C@H]2[C@@]1(CCC[C@H](C)[C@H]1C=O)COC3=O. The van der Waals surface area contributed by atoms with E-state index in [0.717, 1.165) is 19.1 Å². The highest BCUT2D eigenvalue weighted by molar-refractivity contribution is 6.15. The molecule has 3 saturated carbocycles. The topological polar surface area (TPSA) is 80.7 Å². The van der Waals surface area contributed by atoms with Gasteiger partial charge in [-0.1, -0.05) is 19.9 Å². The van der Waals surface area contributed by atoms with Crippen molar-refractivity contribution in [2.75, 3.05) is 6.61 Å². The summed E-state index contributed by atoms with van der Waals surface area (Å²) in [5.74, 6) is -1.60. The Morgan fingerprint density at radius 1 is 1.38 bits per heavy atom. The maximum Gasteiger partial charge on any atom is 0.320 e. The molecule has 2 spiro atoms. The molecule has 1 aliphatic heterocycles. The summed E-state index contributed by atoms with van der Waals surface area (Å²) in [6.45, 7) is 6.05. The molecule has 1 N–H and O–H groups in total. The van der Waals surface area contributed by atoms with Crippen LogP contribution in [0.5, 0.6) is 0 Å². The van der Waals surface area contributed by atoms with Gasteiger partial charge in [0.2, 0.25) is 0 Å². The molecule has 0 aromatic rings. The second-order valence-electron chi connectivity index (χ2n) is 8.35. The number of carbonyl (C=O) groups excluding carboxylic acids is 3. The molecule has 4 fully saturated rings. The van der Waals surface area contributed by atoms with E-state index < -0.39 is 28.8 Å². The van der Waals surface area contributed by atoms with Crippen LogP contribution >= 0.6 is 0 Å². The molecule has 130 valence electrons. The van der Waals surface area contributed by atoms with Crippen LogP contribution in [0, 0.1) is 34.5 Å². The van der Waals surface area contributed by atoms with Gasteiger partial charge in [0.05, 0.1) is 12.7 Å². The number of hydrogen-bond donors (Lipinski definition) is 1. The number of ether oxygens (including phenoxy) is 1. The molecular weight excluding hydrogens is 308 g/mol. The Labute approximate surface area is 141 Å². The minimum atomic E-state index is -1.32. The molecule has 0 radical (unpaired) electrons. The lowest BCUT2D eigenvalue weighted by Gasteiger charge is -2.58. The first-order valence-electron chi connectivity index (χ1n) is 8.92. The van der Waals surface area contributed by atoms with Gasteiger partial charge in [-0.15, -0.1) is 0 Å². The highest BCUT2D eigenvalue weighted by Crippen LogP contribution is 2.66. The van der Waals surface area contributed by atoms with Crippen molar-refractivity contribution in [1.82, 2.24) is 0 Å². The van der Waals surface area contributed by atoms with E-state index >= 15 is 0 Å². The van der Waals surface area contributed by atoms with E-state index in [1.807, 2.05) is 6.92 Å². The number of rotatable bonds is 1. The van der Waals surface area contributed by atoms with Crippen LogP contribution in [0.15, 0.2) is 12.2 Å². The van der Waals surface area contributed by atoms with Gasteiger partial charge < -0.3 is 14.6 Å². The molecule has 0 unspecified atom stereocenters. The van der Waals surface area contributed by atoms with Gasteiger partial charge in [0.1, 0.15) is 11.7 Å². The van der Waals surface area contributed by atoms with Crippen LogP contribution in [0.3, 0.4) is 0 Å². The Morgan fingerprint density at radius 3 is 2.83 bits per heavy atom. The molecule has 4 aliphatic rings. The number of aldehydes is 1. The zero-order valence-electron chi connectivity index (χ0n) is 14.0. The van der Waals surface area contributed by atoms with E-state index in [9.17, 15) is 19.5 Å². The van der Waals surface area contributed by atoms with Crippen molar-refractivity contribution >= 4 is 18.0 Å². The molecule has 5 heteroatoms. The molecule has 24 heavy (non-hydrogen) atoms. The number of esters is 1. The number of aliphatic hydroxyl groups is 1. The van der Waals surface area contributed by atoms with Gasteiger partial charge in [0, 0.05) is 17.3 Å². The second-order valence-corrected chi connectivity index (χ2v) is 8.35. The third-order valence-corrected chi connectivity index (χ3v) is 7.38. The van der Waals surface area contributed by atoms with Crippen molar-refractivity contribution in [2.45, 2.75) is 45.1 Å². The van der Waals surface area contributed by atoms with E-state index in [4.69, 9.17) is 4.74 Å². The van der Waals surface area contributed by atoms with Crippen molar-refractivity contribution in [3.8, 4) is 0 Å². The molecule has 3 aliphatic carbocycles. The maximum absolute atomic E-state index is 13.0. The van der Waals surface area contributed by atoms with Crippen LogP contribution in [0.25, 0.3) is 0 Å². The molecule has 1 saturated heterocycles. The third-order valence-electron chi connectivity index (χ3n) is 7.38. The highest BCUT2D eigenvalue weighted by Gasteiger charge is 2.73. The summed E-state index contributed by atoms with van der Waals surface area (Å²) in [5, 5.41) is 10.9. The van der Waals surface area contributed by atoms with Crippen molar-refractivity contribution < 1.29 is 24.2 Å². The maximum atomic E-state index is 13.0. The van der Waals surface area contributed by atoms with E-state index in [2.05, 4.69) is 6.58 Å². The van der Waals surface area contributed by atoms with Gasteiger partial charge in [0.25, 0.3) is 0 Å². The number of cyclic esters (lactones) is 1. The van der Waals surface area contributed by atoms with Gasteiger partial charge in [-0.3, -0.25) is 9.59 Å². The zero-order chi connectivity index (χ0) is 17.3. The van der Waals surface area contributed by atoms with Crippen LogP contribution in [0.2, 0.25) is 0 Å². The molecule has 7 atom stereocenters. The number of aliphatic hydroxyl groups excluding tert-OH is 1. The van der Waals surface area contributed by atoms with Gasteiger partial charge in [-0.05, 0) is 43.1 Å². The van der Waals surface area contributed by atoms with Gasteiger partial charge in [-0.25, -0.2) is 0 Å². The number of Topliss-reactive ketones (excluding diaryl/α,β-unsaturated/α-hetero) is 1. The van der Waals surface area contributed by atoms with Crippen LogP contribution < -0.4 is 0 Å². The highest BCUT2D eigenvalue weighted by atomic mass is 16.5.